The highest BCUT2D eigenvalue weighted by molar-refractivity contribution is 7.13. The summed E-state index contributed by atoms with van der Waals surface area (Å²) in [6.07, 6.45) is 3.97. The molecule has 2 aromatic rings. The number of hydrogen-bond donors (Lipinski definition) is 2. The van der Waals surface area contributed by atoms with Gasteiger partial charge < -0.3 is 10.4 Å². The van der Waals surface area contributed by atoms with Crippen molar-refractivity contribution in [2.45, 2.75) is 39.2 Å². The first-order valence-electron chi connectivity index (χ1n) is 8.10. The van der Waals surface area contributed by atoms with E-state index in [0.717, 1.165) is 36.8 Å². The smallest absolute Gasteiger partial charge is 0.355 e. The van der Waals surface area contributed by atoms with Crippen LogP contribution in [0.2, 0.25) is 0 Å². The molecule has 24 heavy (non-hydrogen) atoms. The van der Waals surface area contributed by atoms with Gasteiger partial charge in [0.05, 0.1) is 0 Å². The first-order valence-corrected chi connectivity index (χ1v) is 8.98. The van der Waals surface area contributed by atoms with Gasteiger partial charge in [0, 0.05) is 22.9 Å². The number of benzene rings is 1. The summed E-state index contributed by atoms with van der Waals surface area (Å²) in [5, 5.41) is 14.2. The van der Waals surface area contributed by atoms with Crippen LogP contribution in [-0.4, -0.2) is 22.0 Å². The quantitative estimate of drug-likeness (QED) is 0.837. The molecular weight excluding hydrogens is 324 g/mol. The molecule has 1 fully saturated rings. The van der Waals surface area contributed by atoms with Crippen molar-refractivity contribution in [3.05, 3.63) is 40.9 Å². The van der Waals surface area contributed by atoms with Crippen molar-refractivity contribution in [3.8, 4) is 10.6 Å². The van der Waals surface area contributed by atoms with Crippen LogP contribution in [0.15, 0.2) is 29.6 Å². The Morgan fingerprint density at radius 1 is 1.38 bits per heavy atom. The van der Waals surface area contributed by atoms with Gasteiger partial charge in [0.1, 0.15) is 5.01 Å². The zero-order chi connectivity index (χ0) is 17.2. The molecule has 3 rings (SSSR count). The van der Waals surface area contributed by atoms with E-state index in [-0.39, 0.29) is 17.0 Å². The maximum atomic E-state index is 12.4. The lowest BCUT2D eigenvalue weighted by Crippen LogP contribution is -2.44. The lowest BCUT2D eigenvalue weighted by molar-refractivity contribution is -0.136. The zero-order valence-electron chi connectivity index (χ0n) is 13.5. The maximum absolute atomic E-state index is 12.4. The Hall–Kier alpha value is -2.21. The van der Waals surface area contributed by atoms with Gasteiger partial charge in [-0.1, -0.05) is 31.5 Å². The molecule has 0 aliphatic heterocycles. The van der Waals surface area contributed by atoms with E-state index in [1.807, 2.05) is 24.3 Å². The van der Waals surface area contributed by atoms with E-state index in [1.165, 1.54) is 16.7 Å². The highest BCUT2D eigenvalue weighted by atomic mass is 32.1. The molecule has 0 saturated heterocycles. The fourth-order valence-corrected chi connectivity index (χ4v) is 3.82. The van der Waals surface area contributed by atoms with Crippen LogP contribution in [0.4, 0.5) is 0 Å². The normalized spacial score (nSPS) is 15.5. The molecule has 1 amide bonds. The molecule has 6 heteroatoms. The van der Waals surface area contributed by atoms with Gasteiger partial charge in [-0.3, -0.25) is 4.79 Å². The van der Waals surface area contributed by atoms with Crippen LogP contribution in [0.5, 0.6) is 0 Å². The third-order valence-corrected chi connectivity index (χ3v) is 5.71. The minimum atomic E-state index is -1.02. The standard InChI is InChI=1S/C18H20N2O3S/c1-2-18(7-4-8-18)17(23)19-10-12-5-3-6-13(9-12)15-20-14(11-24-15)16(21)22/h3,5-6,9,11H,2,4,7-8,10H2,1H3,(H,19,23)(H,21,22). The summed E-state index contributed by atoms with van der Waals surface area (Å²) >= 11 is 1.31. The number of carbonyl (C=O) groups is 2. The third kappa shape index (κ3) is 3.19. The number of nitrogens with zero attached hydrogens (tertiary/aromatic N) is 1. The van der Waals surface area contributed by atoms with Crippen molar-refractivity contribution in [3.63, 3.8) is 0 Å². The summed E-state index contributed by atoms with van der Waals surface area (Å²) in [7, 11) is 0. The van der Waals surface area contributed by atoms with Crippen molar-refractivity contribution in [1.82, 2.24) is 10.3 Å². The highest BCUT2D eigenvalue weighted by Crippen LogP contribution is 2.43. The molecule has 0 unspecified atom stereocenters. The van der Waals surface area contributed by atoms with Crippen LogP contribution in [-0.2, 0) is 11.3 Å². The van der Waals surface area contributed by atoms with E-state index < -0.39 is 5.97 Å². The van der Waals surface area contributed by atoms with Gasteiger partial charge in [-0.2, -0.15) is 0 Å². The van der Waals surface area contributed by atoms with Crippen LogP contribution in [0, 0.1) is 5.41 Å². The molecule has 1 aromatic heterocycles. The monoisotopic (exact) mass is 344 g/mol. The van der Waals surface area contributed by atoms with Gasteiger partial charge in [-0.15, -0.1) is 11.3 Å². The second-order valence-electron chi connectivity index (χ2n) is 6.21. The number of nitrogens with one attached hydrogen (secondary N) is 1. The fraction of sp³-hybridized carbons (Fsp3) is 0.389. The van der Waals surface area contributed by atoms with Crippen molar-refractivity contribution in [2.75, 3.05) is 0 Å². The van der Waals surface area contributed by atoms with E-state index in [0.29, 0.717) is 11.6 Å². The number of carboxylic acids is 1. The topological polar surface area (TPSA) is 79.3 Å². The molecule has 126 valence electrons. The summed E-state index contributed by atoms with van der Waals surface area (Å²) in [5.74, 6) is -0.879. The molecule has 0 radical (unpaired) electrons. The average Bonchev–Trinajstić information content (AvgIpc) is 3.03. The second kappa shape index (κ2) is 6.73. The van der Waals surface area contributed by atoms with E-state index in [1.54, 1.807) is 0 Å². The SMILES string of the molecule is CCC1(C(=O)NCc2cccc(-c3nc(C(=O)O)cs3)c2)CCC1. The van der Waals surface area contributed by atoms with Crippen molar-refractivity contribution in [2.24, 2.45) is 5.41 Å². The number of carbonyl (C=O) groups excluding carboxylic acids is 1. The molecule has 0 atom stereocenters. The van der Waals surface area contributed by atoms with E-state index in [4.69, 9.17) is 5.11 Å². The van der Waals surface area contributed by atoms with Crippen LogP contribution < -0.4 is 5.32 Å². The average molecular weight is 344 g/mol. The maximum Gasteiger partial charge on any atom is 0.355 e. The second-order valence-corrected chi connectivity index (χ2v) is 7.07. The Morgan fingerprint density at radius 2 is 2.17 bits per heavy atom. The predicted octanol–water partition coefficient (Wildman–Crippen LogP) is 3.70. The number of hydrogen-bond acceptors (Lipinski definition) is 4. The highest BCUT2D eigenvalue weighted by Gasteiger charge is 2.41. The van der Waals surface area contributed by atoms with Gasteiger partial charge in [0.2, 0.25) is 5.91 Å². The lowest BCUT2D eigenvalue weighted by Gasteiger charge is -2.39. The van der Waals surface area contributed by atoms with Crippen LogP contribution in [0.25, 0.3) is 10.6 Å². The van der Waals surface area contributed by atoms with Gasteiger partial charge in [0.25, 0.3) is 0 Å². The van der Waals surface area contributed by atoms with Crippen molar-refractivity contribution < 1.29 is 14.7 Å². The summed E-state index contributed by atoms with van der Waals surface area (Å²) < 4.78 is 0. The summed E-state index contributed by atoms with van der Waals surface area (Å²) in [5.41, 5.74) is 1.75. The number of aromatic nitrogens is 1. The van der Waals surface area contributed by atoms with Crippen molar-refractivity contribution in [1.29, 1.82) is 0 Å². The molecule has 2 N–H and O–H groups in total. The molecule has 0 spiro atoms. The summed E-state index contributed by atoms with van der Waals surface area (Å²) in [6, 6.07) is 7.70. The zero-order valence-corrected chi connectivity index (χ0v) is 14.4. The molecule has 1 saturated carbocycles. The Morgan fingerprint density at radius 3 is 2.75 bits per heavy atom. The van der Waals surface area contributed by atoms with Gasteiger partial charge in [0.15, 0.2) is 5.69 Å². The molecule has 5 nitrogen and oxygen atoms in total. The van der Waals surface area contributed by atoms with E-state index in [9.17, 15) is 9.59 Å². The van der Waals surface area contributed by atoms with E-state index in [2.05, 4.69) is 17.2 Å². The minimum Gasteiger partial charge on any atom is -0.476 e. The number of thiazole rings is 1. The third-order valence-electron chi connectivity index (χ3n) is 4.82. The molecule has 1 heterocycles. The number of aromatic carboxylic acids is 1. The molecular formula is C18H20N2O3S. The Bertz CT molecular complexity index is 760. The first kappa shape index (κ1) is 16.6. The summed E-state index contributed by atoms with van der Waals surface area (Å²) in [4.78, 5) is 27.5. The van der Waals surface area contributed by atoms with Crippen molar-refractivity contribution >= 4 is 23.2 Å². The van der Waals surface area contributed by atoms with Gasteiger partial charge in [-0.05, 0) is 30.9 Å². The molecule has 0 bridgehead atoms. The predicted molar refractivity (Wildman–Crippen MR) is 92.9 cm³/mol. The number of amides is 1. The summed E-state index contributed by atoms with van der Waals surface area (Å²) in [6.45, 7) is 2.55. The molecule has 1 aliphatic rings. The van der Waals surface area contributed by atoms with E-state index >= 15 is 0 Å². The Balaban J connectivity index is 1.69. The molecule has 1 aliphatic carbocycles. The minimum absolute atomic E-state index is 0.0589. The lowest BCUT2D eigenvalue weighted by atomic mass is 9.66. The van der Waals surface area contributed by atoms with Gasteiger partial charge >= 0.3 is 5.97 Å². The largest absolute Gasteiger partial charge is 0.476 e. The Kier molecular flexibility index (Phi) is 4.66. The first-order chi connectivity index (χ1) is 11.5. The van der Waals surface area contributed by atoms with Crippen LogP contribution >= 0.6 is 11.3 Å². The van der Waals surface area contributed by atoms with Crippen LogP contribution in [0.1, 0.15) is 48.7 Å². The number of carboxylic acid groups (broad SMARTS) is 1. The fourth-order valence-electron chi connectivity index (χ4n) is 3.03. The van der Waals surface area contributed by atoms with Crippen LogP contribution in [0.3, 0.4) is 0 Å². The molecule has 1 aromatic carbocycles. The Labute approximate surface area is 144 Å². The van der Waals surface area contributed by atoms with Gasteiger partial charge in [-0.25, -0.2) is 9.78 Å². The number of rotatable bonds is 6.